The summed E-state index contributed by atoms with van der Waals surface area (Å²) in [6, 6.07) is 10.8. The molecule has 0 fully saturated rings. The van der Waals surface area contributed by atoms with Gasteiger partial charge in [-0.15, -0.1) is 0 Å². The first-order valence-electron chi connectivity index (χ1n) is 8.24. The van der Waals surface area contributed by atoms with Crippen molar-refractivity contribution in [2.45, 2.75) is 26.8 Å². The first kappa shape index (κ1) is 16.1. The SMILES string of the molecule is Cc1cc2n(CCC(=O)Nc3cc(C)on3)c(=O)c3ccccc3n2n1. The predicted molar refractivity (Wildman–Crippen MR) is 96.2 cm³/mol. The Bertz CT molecular complexity index is 1180. The van der Waals surface area contributed by atoms with Crippen molar-refractivity contribution in [2.24, 2.45) is 0 Å². The molecule has 8 heteroatoms. The maximum atomic E-state index is 12.9. The lowest BCUT2D eigenvalue weighted by atomic mass is 10.2. The van der Waals surface area contributed by atoms with Crippen molar-refractivity contribution in [2.75, 3.05) is 5.32 Å². The van der Waals surface area contributed by atoms with E-state index in [-0.39, 0.29) is 24.4 Å². The number of carbonyl (C=O) groups is 1. The molecule has 26 heavy (non-hydrogen) atoms. The van der Waals surface area contributed by atoms with Crippen molar-refractivity contribution in [3.63, 3.8) is 0 Å². The molecule has 8 nitrogen and oxygen atoms in total. The van der Waals surface area contributed by atoms with Gasteiger partial charge < -0.3 is 9.84 Å². The molecule has 0 aliphatic rings. The molecule has 0 spiro atoms. The third-order valence-electron chi connectivity index (χ3n) is 4.15. The second kappa shape index (κ2) is 6.14. The van der Waals surface area contributed by atoms with E-state index in [1.54, 1.807) is 28.1 Å². The lowest BCUT2D eigenvalue weighted by Crippen LogP contribution is -2.25. The molecule has 1 aromatic carbocycles. The van der Waals surface area contributed by atoms with Gasteiger partial charge in [0, 0.05) is 25.1 Å². The summed E-state index contributed by atoms with van der Waals surface area (Å²) < 4.78 is 8.24. The smallest absolute Gasteiger partial charge is 0.261 e. The molecular formula is C18H17N5O3. The van der Waals surface area contributed by atoms with Crippen LogP contribution in [0.2, 0.25) is 0 Å². The maximum absolute atomic E-state index is 12.9. The number of carbonyl (C=O) groups excluding carboxylic acids is 1. The molecule has 0 atom stereocenters. The number of aromatic nitrogens is 4. The second-order valence-corrected chi connectivity index (χ2v) is 6.15. The Kier molecular flexibility index (Phi) is 3.80. The van der Waals surface area contributed by atoms with Gasteiger partial charge in [0.2, 0.25) is 5.91 Å². The molecule has 4 rings (SSSR count). The average Bonchev–Trinajstić information content (AvgIpc) is 3.20. The number of nitrogens with one attached hydrogen (secondary N) is 1. The number of hydrogen-bond donors (Lipinski definition) is 1. The number of hydrogen-bond acceptors (Lipinski definition) is 5. The molecule has 0 bridgehead atoms. The molecule has 0 aliphatic heterocycles. The van der Waals surface area contributed by atoms with E-state index in [1.807, 2.05) is 31.2 Å². The summed E-state index contributed by atoms with van der Waals surface area (Å²) in [5.41, 5.74) is 2.07. The van der Waals surface area contributed by atoms with Gasteiger partial charge in [0.05, 0.1) is 16.6 Å². The van der Waals surface area contributed by atoms with Crippen molar-refractivity contribution in [3.05, 3.63) is 58.2 Å². The molecule has 4 aromatic rings. The number of aryl methyl sites for hydroxylation is 3. The van der Waals surface area contributed by atoms with E-state index in [0.29, 0.717) is 22.6 Å². The van der Waals surface area contributed by atoms with E-state index >= 15 is 0 Å². The van der Waals surface area contributed by atoms with Crippen molar-refractivity contribution in [1.29, 1.82) is 0 Å². The fourth-order valence-corrected chi connectivity index (χ4v) is 3.00. The molecule has 0 aliphatic carbocycles. The normalized spacial score (nSPS) is 11.3. The molecule has 1 N–H and O–H groups in total. The molecule has 3 heterocycles. The van der Waals surface area contributed by atoms with E-state index in [0.717, 1.165) is 11.2 Å². The van der Waals surface area contributed by atoms with Crippen LogP contribution < -0.4 is 10.9 Å². The molecule has 0 saturated carbocycles. The highest BCUT2D eigenvalue weighted by Crippen LogP contribution is 2.15. The summed E-state index contributed by atoms with van der Waals surface area (Å²) in [5, 5.41) is 11.4. The fraction of sp³-hybridized carbons (Fsp3) is 0.222. The van der Waals surface area contributed by atoms with Crippen molar-refractivity contribution in [1.82, 2.24) is 19.3 Å². The van der Waals surface area contributed by atoms with E-state index in [1.165, 1.54) is 0 Å². The number of anilines is 1. The number of rotatable bonds is 4. The van der Waals surface area contributed by atoms with Gasteiger partial charge in [-0.25, -0.2) is 4.52 Å². The summed E-state index contributed by atoms with van der Waals surface area (Å²) in [5.74, 6) is 0.735. The molecule has 3 aromatic heterocycles. The van der Waals surface area contributed by atoms with Crippen LogP contribution in [0.5, 0.6) is 0 Å². The Morgan fingerprint density at radius 3 is 2.81 bits per heavy atom. The quantitative estimate of drug-likeness (QED) is 0.609. The summed E-state index contributed by atoms with van der Waals surface area (Å²) in [4.78, 5) is 25.1. The van der Waals surface area contributed by atoms with Crippen LogP contribution in [0.4, 0.5) is 5.82 Å². The second-order valence-electron chi connectivity index (χ2n) is 6.15. The van der Waals surface area contributed by atoms with Crippen LogP contribution in [0.3, 0.4) is 0 Å². The molecule has 1 amide bonds. The Hall–Kier alpha value is -3.42. The predicted octanol–water partition coefficient (Wildman–Crippen LogP) is 2.28. The van der Waals surface area contributed by atoms with Gasteiger partial charge in [-0.05, 0) is 26.0 Å². The van der Waals surface area contributed by atoms with Crippen LogP contribution in [-0.4, -0.2) is 25.2 Å². The maximum Gasteiger partial charge on any atom is 0.261 e. The van der Waals surface area contributed by atoms with Crippen LogP contribution in [0.15, 0.2) is 45.7 Å². The molecule has 132 valence electrons. The lowest BCUT2D eigenvalue weighted by molar-refractivity contribution is -0.116. The summed E-state index contributed by atoms with van der Waals surface area (Å²) in [7, 11) is 0. The number of para-hydroxylation sites is 1. The Morgan fingerprint density at radius 2 is 2.04 bits per heavy atom. The van der Waals surface area contributed by atoms with Crippen molar-refractivity contribution >= 4 is 28.3 Å². The highest BCUT2D eigenvalue weighted by Gasteiger charge is 2.14. The van der Waals surface area contributed by atoms with Crippen LogP contribution in [0.1, 0.15) is 17.9 Å². The van der Waals surface area contributed by atoms with Crippen molar-refractivity contribution < 1.29 is 9.32 Å². The Balaban J connectivity index is 1.68. The van der Waals surface area contributed by atoms with Gasteiger partial charge in [0.1, 0.15) is 11.4 Å². The standard InChI is InChI=1S/C18H17N5O3/c1-11-9-17-22(8-7-16(24)19-15-10-12(2)26-21-15)18(25)13-5-3-4-6-14(13)23(17)20-11/h3-6,9-10H,7-8H2,1-2H3,(H,19,21,24). The van der Waals surface area contributed by atoms with E-state index in [4.69, 9.17) is 4.52 Å². The summed E-state index contributed by atoms with van der Waals surface area (Å²) >= 11 is 0. The van der Waals surface area contributed by atoms with E-state index in [2.05, 4.69) is 15.6 Å². The third-order valence-corrected chi connectivity index (χ3v) is 4.15. The number of nitrogens with zero attached hydrogens (tertiary/aromatic N) is 4. The minimum atomic E-state index is -0.243. The molecular weight excluding hydrogens is 334 g/mol. The van der Waals surface area contributed by atoms with E-state index in [9.17, 15) is 9.59 Å². The van der Waals surface area contributed by atoms with Crippen LogP contribution >= 0.6 is 0 Å². The van der Waals surface area contributed by atoms with Crippen LogP contribution in [0, 0.1) is 13.8 Å². The monoisotopic (exact) mass is 351 g/mol. The van der Waals surface area contributed by atoms with Crippen molar-refractivity contribution in [3.8, 4) is 0 Å². The lowest BCUT2D eigenvalue weighted by Gasteiger charge is -2.10. The first-order chi connectivity index (χ1) is 12.5. The number of fused-ring (bicyclic) bond motifs is 3. The minimum Gasteiger partial charge on any atom is -0.360 e. The molecule has 0 saturated heterocycles. The zero-order valence-corrected chi connectivity index (χ0v) is 14.4. The molecule has 0 unspecified atom stereocenters. The van der Waals surface area contributed by atoms with Crippen LogP contribution in [0.25, 0.3) is 16.6 Å². The Labute approximate surface area is 148 Å². The topological polar surface area (TPSA) is 94.4 Å². The van der Waals surface area contributed by atoms with Gasteiger partial charge in [-0.2, -0.15) is 5.10 Å². The zero-order chi connectivity index (χ0) is 18.3. The average molecular weight is 351 g/mol. The van der Waals surface area contributed by atoms with Gasteiger partial charge in [0.25, 0.3) is 5.56 Å². The summed E-state index contributed by atoms with van der Waals surface area (Å²) in [6.07, 6.45) is 0.129. The zero-order valence-electron chi connectivity index (χ0n) is 14.4. The van der Waals surface area contributed by atoms with Gasteiger partial charge in [-0.1, -0.05) is 17.3 Å². The van der Waals surface area contributed by atoms with Gasteiger partial charge in [-0.3, -0.25) is 14.2 Å². The minimum absolute atomic E-state index is 0.129. The number of amides is 1. The van der Waals surface area contributed by atoms with Crippen LogP contribution in [-0.2, 0) is 11.3 Å². The first-order valence-corrected chi connectivity index (χ1v) is 8.24. The van der Waals surface area contributed by atoms with Gasteiger partial charge in [0.15, 0.2) is 5.82 Å². The largest absolute Gasteiger partial charge is 0.360 e. The highest BCUT2D eigenvalue weighted by atomic mass is 16.5. The highest BCUT2D eigenvalue weighted by molar-refractivity contribution is 5.89. The third kappa shape index (κ3) is 2.75. The van der Waals surface area contributed by atoms with E-state index < -0.39 is 0 Å². The molecule has 0 radical (unpaired) electrons. The summed E-state index contributed by atoms with van der Waals surface area (Å²) in [6.45, 7) is 3.85. The van der Waals surface area contributed by atoms with Gasteiger partial charge >= 0.3 is 0 Å². The Morgan fingerprint density at radius 1 is 1.23 bits per heavy atom. The fourth-order valence-electron chi connectivity index (χ4n) is 3.00. The number of benzene rings is 1.